The maximum Gasteiger partial charge on any atom is 0.136 e. The fraction of sp³-hybridized carbons (Fsp3) is 0. The predicted molar refractivity (Wildman–Crippen MR) is 206 cm³/mol. The second-order valence-electron chi connectivity index (χ2n) is 12.6. The van der Waals surface area contributed by atoms with Gasteiger partial charge >= 0.3 is 0 Å². The number of nitrogens with zero attached hydrogens (tertiary/aromatic N) is 2. The molecule has 0 aliphatic carbocycles. The Labute approximate surface area is 283 Å². The summed E-state index contributed by atoms with van der Waals surface area (Å²) in [4.78, 5) is 2.38. The van der Waals surface area contributed by atoms with Crippen LogP contribution in [-0.4, -0.2) is 4.57 Å². The molecule has 0 radical (unpaired) electrons. The fourth-order valence-electron chi connectivity index (χ4n) is 7.45. The molecule has 2 heterocycles. The molecule has 0 saturated carbocycles. The van der Waals surface area contributed by atoms with Crippen LogP contribution in [0.2, 0.25) is 0 Å². The molecule has 0 amide bonds. The molecule has 2 aromatic heterocycles. The molecule has 49 heavy (non-hydrogen) atoms. The van der Waals surface area contributed by atoms with Crippen molar-refractivity contribution in [3.63, 3.8) is 0 Å². The van der Waals surface area contributed by atoms with E-state index in [4.69, 9.17) is 4.42 Å². The van der Waals surface area contributed by atoms with Crippen LogP contribution in [0.5, 0.6) is 0 Å². The third kappa shape index (κ3) is 4.51. The van der Waals surface area contributed by atoms with Crippen molar-refractivity contribution in [2.45, 2.75) is 0 Å². The average Bonchev–Trinajstić information content (AvgIpc) is 3.69. The Morgan fingerprint density at radius 3 is 1.92 bits per heavy atom. The molecule has 3 nitrogen and oxygen atoms in total. The molecule has 0 unspecified atom stereocenters. The molecule has 10 aromatic rings. The van der Waals surface area contributed by atoms with Crippen LogP contribution in [0.1, 0.15) is 0 Å². The minimum Gasteiger partial charge on any atom is -0.456 e. The van der Waals surface area contributed by atoms with Gasteiger partial charge in [0.05, 0.1) is 11.0 Å². The number of hydrogen-bond donors (Lipinski definition) is 0. The van der Waals surface area contributed by atoms with Crippen LogP contribution < -0.4 is 4.90 Å². The van der Waals surface area contributed by atoms with Crippen LogP contribution >= 0.6 is 0 Å². The largest absolute Gasteiger partial charge is 0.456 e. The van der Waals surface area contributed by atoms with Gasteiger partial charge in [0.15, 0.2) is 0 Å². The van der Waals surface area contributed by atoms with E-state index >= 15 is 0 Å². The maximum absolute atomic E-state index is 6.31. The molecular formula is C46H30N2O. The Balaban J connectivity index is 1.20. The molecule has 8 aromatic carbocycles. The Bertz CT molecular complexity index is 2830. The number of anilines is 3. The number of fused-ring (bicyclic) bond motifs is 7. The summed E-state index contributed by atoms with van der Waals surface area (Å²) in [6.07, 6.45) is 0. The standard InChI is InChI=1S/C46H30N2O/c1-3-12-31(13-4-1)32-14-11-17-36(26-32)47(37-23-22-33-28-42-40-19-8-10-21-45(40)49-46(42)29-34(33)27-37)38-24-25-44-41(30-38)39-18-7-9-20-43(39)48(44)35-15-5-2-6-16-35/h1-30H. The van der Waals surface area contributed by atoms with E-state index in [0.717, 1.165) is 50.1 Å². The van der Waals surface area contributed by atoms with Gasteiger partial charge in [-0.15, -0.1) is 0 Å². The normalized spacial score (nSPS) is 11.7. The molecule has 0 aliphatic rings. The number of para-hydroxylation sites is 3. The molecule has 0 atom stereocenters. The van der Waals surface area contributed by atoms with E-state index < -0.39 is 0 Å². The minimum absolute atomic E-state index is 0.901. The van der Waals surface area contributed by atoms with E-state index in [1.165, 1.54) is 38.3 Å². The first-order valence-electron chi connectivity index (χ1n) is 16.7. The Kier molecular flexibility index (Phi) is 6.18. The molecule has 0 fully saturated rings. The summed E-state index contributed by atoms with van der Waals surface area (Å²) in [5, 5.41) is 7.05. The lowest BCUT2D eigenvalue weighted by molar-refractivity contribution is 0.669. The number of benzene rings is 8. The smallest absolute Gasteiger partial charge is 0.136 e. The molecule has 0 spiro atoms. The number of rotatable bonds is 5. The first-order chi connectivity index (χ1) is 24.3. The SMILES string of the molecule is c1ccc(-c2cccc(N(c3ccc4cc5c(cc4c3)oc3ccccc35)c3ccc4c(c3)c3ccccc3n4-c3ccccc3)c2)cc1. The van der Waals surface area contributed by atoms with Crippen LogP contribution in [0.4, 0.5) is 17.1 Å². The van der Waals surface area contributed by atoms with E-state index in [0.29, 0.717) is 0 Å². The van der Waals surface area contributed by atoms with E-state index in [-0.39, 0.29) is 0 Å². The van der Waals surface area contributed by atoms with Gasteiger partial charge in [-0.3, -0.25) is 0 Å². The van der Waals surface area contributed by atoms with Gasteiger partial charge < -0.3 is 13.9 Å². The summed E-state index contributed by atoms with van der Waals surface area (Å²) in [7, 11) is 0. The summed E-state index contributed by atoms with van der Waals surface area (Å²) >= 11 is 0. The van der Waals surface area contributed by atoms with Crippen molar-refractivity contribution >= 4 is 71.6 Å². The second kappa shape index (κ2) is 11.0. The van der Waals surface area contributed by atoms with Crippen molar-refractivity contribution in [3.8, 4) is 16.8 Å². The van der Waals surface area contributed by atoms with Crippen molar-refractivity contribution in [1.82, 2.24) is 4.57 Å². The number of aromatic nitrogens is 1. The minimum atomic E-state index is 0.901. The molecule has 230 valence electrons. The Morgan fingerprint density at radius 1 is 0.367 bits per heavy atom. The Hall–Kier alpha value is -6.58. The molecule has 0 N–H and O–H groups in total. The highest BCUT2D eigenvalue weighted by atomic mass is 16.3. The van der Waals surface area contributed by atoms with Crippen LogP contribution in [0.25, 0.3) is 71.3 Å². The summed E-state index contributed by atoms with van der Waals surface area (Å²) in [5.41, 5.74) is 11.0. The maximum atomic E-state index is 6.31. The second-order valence-corrected chi connectivity index (χ2v) is 12.6. The number of furan rings is 1. The first-order valence-corrected chi connectivity index (χ1v) is 16.7. The van der Waals surface area contributed by atoms with Crippen molar-refractivity contribution in [2.75, 3.05) is 4.90 Å². The highest BCUT2D eigenvalue weighted by Crippen LogP contribution is 2.42. The van der Waals surface area contributed by atoms with Gasteiger partial charge in [0, 0.05) is 44.3 Å². The highest BCUT2D eigenvalue weighted by Gasteiger charge is 2.19. The van der Waals surface area contributed by atoms with E-state index in [1.807, 2.05) is 12.1 Å². The summed E-state index contributed by atoms with van der Waals surface area (Å²) in [5.74, 6) is 0. The molecule has 0 bridgehead atoms. The van der Waals surface area contributed by atoms with Gasteiger partial charge in [-0.1, -0.05) is 103 Å². The van der Waals surface area contributed by atoms with Gasteiger partial charge in [0.2, 0.25) is 0 Å². The average molecular weight is 627 g/mol. The Morgan fingerprint density at radius 2 is 1.04 bits per heavy atom. The zero-order chi connectivity index (χ0) is 32.3. The lowest BCUT2D eigenvalue weighted by Gasteiger charge is -2.26. The summed E-state index contributed by atoms with van der Waals surface area (Å²) < 4.78 is 8.67. The molecule has 0 saturated heterocycles. The van der Waals surface area contributed by atoms with Gasteiger partial charge in [-0.25, -0.2) is 0 Å². The van der Waals surface area contributed by atoms with Gasteiger partial charge in [-0.2, -0.15) is 0 Å². The summed E-state index contributed by atoms with van der Waals surface area (Å²) in [6, 6.07) is 65.1. The van der Waals surface area contributed by atoms with Crippen LogP contribution in [0.15, 0.2) is 186 Å². The monoisotopic (exact) mass is 626 g/mol. The number of hydrogen-bond acceptors (Lipinski definition) is 2. The summed E-state index contributed by atoms with van der Waals surface area (Å²) in [6.45, 7) is 0. The lowest BCUT2D eigenvalue weighted by Crippen LogP contribution is -2.10. The van der Waals surface area contributed by atoms with Crippen molar-refractivity contribution < 1.29 is 4.42 Å². The molecule has 0 aliphatic heterocycles. The van der Waals surface area contributed by atoms with E-state index in [9.17, 15) is 0 Å². The van der Waals surface area contributed by atoms with Crippen LogP contribution in [-0.2, 0) is 0 Å². The topological polar surface area (TPSA) is 21.3 Å². The lowest BCUT2D eigenvalue weighted by atomic mass is 10.0. The fourth-order valence-corrected chi connectivity index (χ4v) is 7.45. The van der Waals surface area contributed by atoms with Crippen LogP contribution in [0, 0.1) is 0 Å². The van der Waals surface area contributed by atoms with E-state index in [2.05, 4.69) is 179 Å². The third-order valence-electron chi connectivity index (χ3n) is 9.72. The van der Waals surface area contributed by atoms with Gasteiger partial charge in [0.1, 0.15) is 11.2 Å². The molecule has 3 heteroatoms. The van der Waals surface area contributed by atoms with Crippen molar-refractivity contribution in [2.24, 2.45) is 0 Å². The van der Waals surface area contributed by atoms with Gasteiger partial charge in [-0.05, 0) is 101 Å². The molecular weight excluding hydrogens is 597 g/mol. The zero-order valence-corrected chi connectivity index (χ0v) is 26.6. The zero-order valence-electron chi connectivity index (χ0n) is 26.6. The van der Waals surface area contributed by atoms with Crippen molar-refractivity contribution in [3.05, 3.63) is 182 Å². The van der Waals surface area contributed by atoms with Crippen LogP contribution in [0.3, 0.4) is 0 Å². The first kappa shape index (κ1) is 27.5. The third-order valence-corrected chi connectivity index (χ3v) is 9.72. The quantitative estimate of drug-likeness (QED) is 0.190. The highest BCUT2D eigenvalue weighted by molar-refractivity contribution is 6.12. The van der Waals surface area contributed by atoms with Crippen molar-refractivity contribution in [1.29, 1.82) is 0 Å². The molecule has 10 rings (SSSR count). The predicted octanol–water partition coefficient (Wildman–Crippen LogP) is 13.0. The van der Waals surface area contributed by atoms with E-state index in [1.54, 1.807) is 0 Å². The van der Waals surface area contributed by atoms with Gasteiger partial charge in [0.25, 0.3) is 0 Å².